The highest BCUT2D eigenvalue weighted by Crippen LogP contribution is 2.33. The van der Waals surface area contributed by atoms with E-state index in [4.69, 9.17) is 0 Å². The maximum Gasteiger partial charge on any atom is 0.417 e. The van der Waals surface area contributed by atoms with Crippen LogP contribution in [0.3, 0.4) is 0 Å². The van der Waals surface area contributed by atoms with Gasteiger partial charge in [0.15, 0.2) is 0 Å². The van der Waals surface area contributed by atoms with E-state index in [9.17, 15) is 21.6 Å². The molecular formula is C11H14ClF3N2O2S. The number of hydrogen-bond donors (Lipinski definition) is 2. The fourth-order valence-corrected chi connectivity index (χ4v) is 3.47. The van der Waals surface area contributed by atoms with Crippen LogP contribution in [0.4, 0.5) is 13.2 Å². The van der Waals surface area contributed by atoms with Gasteiger partial charge < -0.3 is 5.32 Å². The van der Waals surface area contributed by atoms with E-state index in [1.54, 1.807) is 0 Å². The van der Waals surface area contributed by atoms with E-state index >= 15 is 0 Å². The van der Waals surface area contributed by atoms with Crippen molar-refractivity contribution in [2.24, 2.45) is 0 Å². The lowest BCUT2D eigenvalue weighted by atomic mass is 10.2. The van der Waals surface area contributed by atoms with E-state index < -0.39 is 26.7 Å². The zero-order valence-electron chi connectivity index (χ0n) is 10.3. The Morgan fingerprint density at radius 3 is 2.45 bits per heavy atom. The van der Waals surface area contributed by atoms with Crippen LogP contribution >= 0.6 is 12.4 Å². The zero-order chi connectivity index (χ0) is 14.1. The van der Waals surface area contributed by atoms with Gasteiger partial charge in [-0.25, -0.2) is 13.1 Å². The second-order valence-electron chi connectivity index (χ2n) is 4.30. The van der Waals surface area contributed by atoms with Crippen LogP contribution in [0.1, 0.15) is 12.0 Å². The second kappa shape index (κ2) is 6.30. The predicted octanol–water partition coefficient (Wildman–Crippen LogP) is 1.77. The molecule has 0 aromatic heterocycles. The summed E-state index contributed by atoms with van der Waals surface area (Å²) in [5.74, 6) is 0. The molecule has 1 aliphatic heterocycles. The summed E-state index contributed by atoms with van der Waals surface area (Å²) in [6.45, 7) is 1.07. The molecule has 0 saturated carbocycles. The molecule has 1 unspecified atom stereocenters. The summed E-state index contributed by atoms with van der Waals surface area (Å²) in [7, 11) is -4.17. The maximum atomic E-state index is 12.8. The normalized spacial score (nSPS) is 19.6. The number of sulfonamides is 1. The Kier molecular flexibility index (Phi) is 5.42. The number of benzene rings is 1. The lowest BCUT2D eigenvalue weighted by molar-refractivity contribution is -0.139. The molecule has 0 bridgehead atoms. The molecule has 114 valence electrons. The van der Waals surface area contributed by atoms with Crippen LogP contribution < -0.4 is 10.0 Å². The van der Waals surface area contributed by atoms with Gasteiger partial charge in [-0.1, -0.05) is 12.1 Å². The average molecular weight is 331 g/mol. The first-order valence-corrected chi connectivity index (χ1v) is 7.18. The quantitative estimate of drug-likeness (QED) is 0.888. The Balaban J connectivity index is 0.00000200. The molecular weight excluding hydrogens is 317 g/mol. The van der Waals surface area contributed by atoms with E-state index in [-0.39, 0.29) is 18.4 Å². The summed E-state index contributed by atoms with van der Waals surface area (Å²) in [4.78, 5) is -0.727. The average Bonchev–Trinajstić information content (AvgIpc) is 2.80. The van der Waals surface area contributed by atoms with Crippen molar-refractivity contribution in [2.75, 3.05) is 13.1 Å². The molecule has 4 nitrogen and oxygen atoms in total. The van der Waals surface area contributed by atoms with E-state index in [0.29, 0.717) is 19.5 Å². The highest BCUT2D eigenvalue weighted by molar-refractivity contribution is 7.89. The lowest BCUT2D eigenvalue weighted by Crippen LogP contribution is -2.37. The summed E-state index contributed by atoms with van der Waals surface area (Å²) in [5, 5.41) is 2.94. The van der Waals surface area contributed by atoms with Crippen molar-refractivity contribution in [2.45, 2.75) is 23.5 Å². The van der Waals surface area contributed by atoms with Crippen LogP contribution in [0, 0.1) is 0 Å². The van der Waals surface area contributed by atoms with Gasteiger partial charge in [-0.3, -0.25) is 0 Å². The molecule has 1 aliphatic rings. The van der Waals surface area contributed by atoms with Gasteiger partial charge in [0.2, 0.25) is 10.0 Å². The van der Waals surface area contributed by atoms with Crippen LogP contribution in [-0.2, 0) is 16.2 Å². The number of rotatable bonds is 3. The monoisotopic (exact) mass is 330 g/mol. The first-order valence-electron chi connectivity index (χ1n) is 5.70. The summed E-state index contributed by atoms with van der Waals surface area (Å²) < 4.78 is 64.7. The molecule has 1 fully saturated rings. The van der Waals surface area contributed by atoms with Gasteiger partial charge in [-0.15, -0.1) is 12.4 Å². The lowest BCUT2D eigenvalue weighted by Gasteiger charge is -2.16. The highest BCUT2D eigenvalue weighted by Gasteiger charge is 2.37. The molecule has 1 atom stereocenters. The molecule has 1 saturated heterocycles. The predicted molar refractivity (Wildman–Crippen MR) is 70.3 cm³/mol. The summed E-state index contributed by atoms with van der Waals surface area (Å²) >= 11 is 0. The third-order valence-electron chi connectivity index (χ3n) is 2.86. The fraction of sp³-hybridized carbons (Fsp3) is 0.455. The topological polar surface area (TPSA) is 58.2 Å². The third-order valence-corrected chi connectivity index (χ3v) is 4.44. The third kappa shape index (κ3) is 3.85. The van der Waals surface area contributed by atoms with Gasteiger partial charge in [0.25, 0.3) is 0 Å². The van der Waals surface area contributed by atoms with Crippen molar-refractivity contribution >= 4 is 22.4 Å². The molecule has 20 heavy (non-hydrogen) atoms. The highest BCUT2D eigenvalue weighted by atomic mass is 35.5. The van der Waals surface area contributed by atoms with Crippen LogP contribution in [0.25, 0.3) is 0 Å². The molecule has 0 spiro atoms. The molecule has 0 aliphatic carbocycles. The van der Waals surface area contributed by atoms with E-state index in [0.717, 1.165) is 12.1 Å². The number of nitrogens with one attached hydrogen (secondary N) is 2. The first-order chi connectivity index (χ1) is 8.81. The Morgan fingerprint density at radius 2 is 1.90 bits per heavy atom. The van der Waals surface area contributed by atoms with E-state index in [1.807, 2.05) is 0 Å². The van der Waals surface area contributed by atoms with Crippen molar-refractivity contribution in [1.82, 2.24) is 10.0 Å². The molecule has 0 radical (unpaired) electrons. The minimum atomic E-state index is -4.70. The minimum absolute atomic E-state index is 0. The van der Waals surface area contributed by atoms with E-state index in [1.165, 1.54) is 12.1 Å². The van der Waals surface area contributed by atoms with Gasteiger partial charge in [-0.05, 0) is 25.1 Å². The standard InChI is InChI=1S/C11H13F3N2O2S.ClH/c12-11(13,14)9-3-1-2-4-10(9)19(17,18)16-8-5-6-15-7-8;/h1-4,8,15-16H,5-7H2;1H. The van der Waals surface area contributed by atoms with Crippen LogP contribution in [-0.4, -0.2) is 27.5 Å². The Bertz CT molecular complexity index is 557. The Labute approximate surface area is 121 Å². The number of halogens is 4. The molecule has 9 heteroatoms. The van der Waals surface area contributed by atoms with Crippen molar-refractivity contribution in [1.29, 1.82) is 0 Å². The second-order valence-corrected chi connectivity index (χ2v) is 5.99. The molecule has 2 N–H and O–H groups in total. The summed E-state index contributed by atoms with van der Waals surface area (Å²) in [6, 6.07) is 3.80. The Morgan fingerprint density at radius 1 is 1.25 bits per heavy atom. The van der Waals surface area contributed by atoms with E-state index in [2.05, 4.69) is 10.0 Å². The van der Waals surface area contributed by atoms with Gasteiger partial charge in [-0.2, -0.15) is 13.2 Å². The van der Waals surface area contributed by atoms with Crippen molar-refractivity contribution in [3.05, 3.63) is 29.8 Å². The van der Waals surface area contributed by atoms with Crippen LogP contribution in [0.15, 0.2) is 29.2 Å². The van der Waals surface area contributed by atoms with Gasteiger partial charge in [0.05, 0.1) is 10.5 Å². The Hall–Kier alpha value is -0.830. The number of hydrogen-bond acceptors (Lipinski definition) is 3. The first kappa shape index (κ1) is 17.2. The minimum Gasteiger partial charge on any atom is -0.315 e. The molecule has 1 heterocycles. The summed E-state index contributed by atoms with van der Waals surface area (Å²) in [6.07, 6.45) is -4.13. The zero-order valence-corrected chi connectivity index (χ0v) is 11.9. The molecule has 1 aromatic rings. The number of alkyl halides is 3. The summed E-state index contributed by atoms with van der Waals surface area (Å²) in [5.41, 5.74) is -1.14. The molecule has 0 amide bonds. The van der Waals surface area contributed by atoms with Crippen LogP contribution in [0.5, 0.6) is 0 Å². The molecule has 1 aromatic carbocycles. The van der Waals surface area contributed by atoms with Gasteiger partial charge in [0.1, 0.15) is 0 Å². The smallest absolute Gasteiger partial charge is 0.315 e. The fourth-order valence-electron chi connectivity index (χ4n) is 1.97. The van der Waals surface area contributed by atoms with Gasteiger partial charge in [0, 0.05) is 12.6 Å². The van der Waals surface area contributed by atoms with Crippen molar-refractivity contribution in [3.8, 4) is 0 Å². The van der Waals surface area contributed by atoms with Crippen molar-refractivity contribution < 1.29 is 21.6 Å². The van der Waals surface area contributed by atoms with Crippen LogP contribution in [0.2, 0.25) is 0 Å². The molecule has 2 rings (SSSR count). The van der Waals surface area contributed by atoms with Crippen molar-refractivity contribution in [3.63, 3.8) is 0 Å². The largest absolute Gasteiger partial charge is 0.417 e. The SMILES string of the molecule is Cl.O=S(=O)(NC1CCNC1)c1ccccc1C(F)(F)F. The maximum absolute atomic E-state index is 12.8. The van der Waals surface area contributed by atoms with Gasteiger partial charge >= 0.3 is 6.18 Å².